The minimum atomic E-state index is -0.906. The van der Waals surface area contributed by atoms with Crippen LogP contribution in [-0.4, -0.2) is 18.1 Å². The molecule has 0 saturated heterocycles. The largest absolute Gasteiger partial charge is 0.478 e. The smallest absolute Gasteiger partial charge is 0.335 e. The molecule has 0 fully saturated rings. The summed E-state index contributed by atoms with van der Waals surface area (Å²) in [6.07, 6.45) is 0. The van der Waals surface area contributed by atoms with E-state index in [9.17, 15) is 4.79 Å². The van der Waals surface area contributed by atoms with Gasteiger partial charge in [0.15, 0.2) is 0 Å². The van der Waals surface area contributed by atoms with Gasteiger partial charge in [-0.25, -0.2) is 4.79 Å². The van der Waals surface area contributed by atoms with E-state index in [1.165, 1.54) is 11.1 Å². The average molecular weight is 255 g/mol. The summed E-state index contributed by atoms with van der Waals surface area (Å²) in [5, 5.41) is 9.04. The highest BCUT2D eigenvalue weighted by Crippen LogP contribution is 2.28. The zero-order valence-electron chi connectivity index (χ0n) is 11.3. The Morgan fingerprint density at radius 2 is 1.79 bits per heavy atom. The first kappa shape index (κ1) is 13.1. The van der Waals surface area contributed by atoms with Gasteiger partial charge in [-0.15, -0.1) is 0 Å². The van der Waals surface area contributed by atoms with E-state index in [1.807, 2.05) is 30.1 Å². The lowest BCUT2D eigenvalue weighted by Crippen LogP contribution is -2.12. The molecule has 98 valence electrons. The Hall–Kier alpha value is -2.29. The van der Waals surface area contributed by atoms with Crippen LogP contribution in [0.4, 0.5) is 11.4 Å². The summed E-state index contributed by atoms with van der Waals surface area (Å²) in [5.41, 5.74) is 4.68. The van der Waals surface area contributed by atoms with Gasteiger partial charge in [0.05, 0.1) is 5.56 Å². The third-order valence-corrected chi connectivity index (χ3v) is 3.42. The van der Waals surface area contributed by atoms with Crippen molar-refractivity contribution < 1.29 is 9.90 Å². The van der Waals surface area contributed by atoms with Crippen LogP contribution in [-0.2, 0) is 0 Å². The van der Waals surface area contributed by atoms with Gasteiger partial charge in [-0.1, -0.05) is 18.2 Å². The fraction of sp³-hybridized carbons (Fsp3) is 0.188. The van der Waals surface area contributed by atoms with Crippen molar-refractivity contribution in [2.45, 2.75) is 13.8 Å². The number of benzene rings is 2. The van der Waals surface area contributed by atoms with Crippen molar-refractivity contribution in [1.82, 2.24) is 0 Å². The van der Waals surface area contributed by atoms with Crippen molar-refractivity contribution in [2.24, 2.45) is 0 Å². The van der Waals surface area contributed by atoms with Crippen molar-refractivity contribution in [1.29, 1.82) is 0 Å². The monoisotopic (exact) mass is 255 g/mol. The van der Waals surface area contributed by atoms with Crippen molar-refractivity contribution in [3.8, 4) is 0 Å². The van der Waals surface area contributed by atoms with Gasteiger partial charge < -0.3 is 10.0 Å². The molecule has 0 bridgehead atoms. The molecule has 0 heterocycles. The lowest BCUT2D eigenvalue weighted by Gasteiger charge is -2.22. The first-order valence-electron chi connectivity index (χ1n) is 6.14. The first-order chi connectivity index (χ1) is 9.00. The number of hydrogen-bond acceptors (Lipinski definition) is 2. The first-order valence-corrected chi connectivity index (χ1v) is 6.14. The Bertz CT molecular complexity index is 620. The molecule has 3 nitrogen and oxygen atoms in total. The fourth-order valence-corrected chi connectivity index (χ4v) is 2.09. The van der Waals surface area contributed by atoms with E-state index >= 15 is 0 Å². The molecule has 3 heteroatoms. The summed E-state index contributed by atoms with van der Waals surface area (Å²) in [6, 6.07) is 13.1. The van der Waals surface area contributed by atoms with Crippen LogP contribution < -0.4 is 4.90 Å². The van der Waals surface area contributed by atoms with Gasteiger partial charge in [0, 0.05) is 18.4 Å². The van der Waals surface area contributed by atoms with Gasteiger partial charge in [-0.2, -0.15) is 0 Å². The molecule has 0 radical (unpaired) electrons. The lowest BCUT2D eigenvalue weighted by atomic mass is 10.1. The van der Waals surface area contributed by atoms with E-state index in [4.69, 9.17) is 5.11 Å². The van der Waals surface area contributed by atoms with Crippen molar-refractivity contribution in [3.05, 3.63) is 59.2 Å². The second kappa shape index (κ2) is 5.14. The second-order valence-electron chi connectivity index (χ2n) is 4.63. The van der Waals surface area contributed by atoms with E-state index in [0.717, 1.165) is 11.4 Å². The minimum absolute atomic E-state index is 0.301. The van der Waals surface area contributed by atoms with Gasteiger partial charge in [0.25, 0.3) is 0 Å². The average Bonchev–Trinajstić information content (AvgIpc) is 2.41. The standard InChI is InChI=1S/C16H17NO2/c1-11-6-4-9-15(12(11)2)17(3)14-8-5-7-13(10-14)16(18)19/h4-10H,1-3H3,(H,18,19). The van der Waals surface area contributed by atoms with E-state index in [2.05, 4.69) is 19.9 Å². The van der Waals surface area contributed by atoms with Gasteiger partial charge in [0.1, 0.15) is 0 Å². The molecule has 1 N–H and O–H groups in total. The van der Waals surface area contributed by atoms with Crippen LogP contribution in [0.1, 0.15) is 21.5 Å². The Morgan fingerprint density at radius 3 is 2.47 bits per heavy atom. The van der Waals surface area contributed by atoms with Crippen molar-refractivity contribution in [2.75, 3.05) is 11.9 Å². The van der Waals surface area contributed by atoms with Crippen LogP contribution in [0.25, 0.3) is 0 Å². The van der Waals surface area contributed by atoms with Crippen LogP contribution in [0.2, 0.25) is 0 Å². The van der Waals surface area contributed by atoms with E-state index in [1.54, 1.807) is 18.2 Å². The van der Waals surface area contributed by atoms with E-state index in [-0.39, 0.29) is 0 Å². The normalized spacial score (nSPS) is 10.3. The summed E-state index contributed by atoms with van der Waals surface area (Å²) in [7, 11) is 1.95. The molecule has 0 spiro atoms. The highest BCUT2D eigenvalue weighted by Gasteiger charge is 2.10. The number of anilines is 2. The quantitative estimate of drug-likeness (QED) is 0.907. The number of hydrogen-bond donors (Lipinski definition) is 1. The molecule has 2 aromatic carbocycles. The van der Waals surface area contributed by atoms with Crippen LogP contribution in [0.3, 0.4) is 0 Å². The predicted molar refractivity (Wildman–Crippen MR) is 77.4 cm³/mol. The molecule has 0 aliphatic heterocycles. The Labute approximate surface area is 113 Å². The van der Waals surface area contributed by atoms with Crippen LogP contribution in [0.15, 0.2) is 42.5 Å². The van der Waals surface area contributed by atoms with Crippen LogP contribution in [0.5, 0.6) is 0 Å². The number of carbonyl (C=O) groups is 1. The molecule has 0 aromatic heterocycles. The van der Waals surface area contributed by atoms with E-state index < -0.39 is 5.97 Å². The molecule has 2 rings (SSSR count). The summed E-state index contributed by atoms with van der Waals surface area (Å²) in [5.74, 6) is -0.906. The maximum absolute atomic E-state index is 11.0. The summed E-state index contributed by atoms with van der Waals surface area (Å²) < 4.78 is 0. The molecule has 19 heavy (non-hydrogen) atoms. The van der Waals surface area contributed by atoms with Crippen molar-refractivity contribution >= 4 is 17.3 Å². The Balaban J connectivity index is 2.44. The molecule has 2 aromatic rings. The third kappa shape index (κ3) is 2.60. The fourth-order valence-electron chi connectivity index (χ4n) is 2.09. The van der Waals surface area contributed by atoms with Gasteiger partial charge in [0.2, 0.25) is 0 Å². The maximum Gasteiger partial charge on any atom is 0.335 e. The zero-order chi connectivity index (χ0) is 14.0. The maximum atomic E-state index is 11.0. The molecular weight excluding hydrogens is 238 g/mol. The summed E-state index contributed by atoms with van der Waals surface area (Å²) in [6.45, 7) is 4.14. The number of carboxylic acids is 1. The molecule has 0 aliphatic rings. The lowest BCUT2D eigenvalue weighted by molar-refractivity contribution is 0.0697. The minimum Gasteiger partial charge on any atom is -0.478 e. The zero-order valence-corrected chi connectivity index (χ0v) is 11.3. The number of aryl methyl sites for hydroxylation is 1. The number of carboxylic acid groups (broad SMARTS) is 1. The molecule has 0 amide bonds. The molecule has 0 saturated carbocycles. The van der Waals surface area contributed by atoms with Crippen molar-refractivity contribution in [3.63, 3.8) is 0 Å². The number of aromatic carboxylic acids is 1. The van der Waals surface area contributed by atoms with Crippen LogP contribution >= 0.6 is 0 Å². The van der Waals surface area contributed by atoms with Gasteiger partial charge >= 0.3 is 5.97 Å². The molecular formula is C16H17NO2. The summed E-state index contributed by atoms with van der Waals surface area (Å²) in [4.78, 5) is 13.0. The molecule has 0 unspecified atom stereocenters. The Kier molecular flexibility index (Phi) is 3.56. The summed E-state index contributed by atoms with van der Waals surface area (Å²) >= 11 is 0. The SMILES string of the molecule is Cc1cccc(N(C)c2cccc(C(=O)O)c2)c1C. The second-order valence-corrected chi connectivity index (χ2v) is 4.63. The Morgan fingerprint density at radius 1 is 1.11 bits per heavy atom. The number of nitrogens with zero attached hydrogens (tertiary/aromatic N) is 1. The molecule has 0 atom stereocenters. The molecule has 0 aliphatic carbocycles. The van der Waals surface area contributed by atoms with Gasteiger partial charge in [-0.05, 0) is 49.2 Å². The topological polar surface area (TPSA) is 40.5 Å². The highest BCUT2D eigenvalue weighted by molar-refractivity contribution is 5.89. The van der Waals surface area contributed by atoms with E-state index in [0.29, 0.717) is 5.56 Å². The number of rotatable bonds is 3. The predicted octanol–water partition coefficient (Wildman–Crippen LogP) is 3.77. The third-order valence-electron chi connectivity index (χ3n) is 3.42. The van der Waals surface area contributed by atoms with Gasteiger partial charge in [-0.3, -0.25) is 0 Å². The highest BCUT2D eigenvalue weighted by atomic mass is 16.4. The van der Waals surface area contributed by atoms with Crippen LogP contribution in [0, 0.1) is 13.8 Å².